The Morgan fingerprint density at radius 3 is 3.29 bits per heavy atom. The molecule has 1 atom stereocenters. The predicted molar refractivity (Wildman–Crippen MR) is 66.7 cm³/mol. The van der Waals surface area contributed by atoms with Gasteiger partial charge in [0.15, 0.2) is 0 Å². The second kappa shape index (κ2) is 6.12. The molecule has 1 saturated heterocycles. The molecule has 1 aliphatic rings. The summed E-state index contributed by atoms with van der Waals surface area (Å²) >= 11 is 1.67. The lowest BCUT2D eigenvalue weighted by molar-refractivity contribution is -0.150. The van der Waals surface area contributed by atoms with E-state index >= 15 is 0 Å². The number of likely N-dealkylation sites (tertiary alicyclic amines) is 1. The van der Waals surface area contributed by atoms with E-state index < -0.39 is 0 Å². The van der Waals surface area contributed by atoms with E-state index in [2.05, 4.69) is 9.88 Å². The van der Waals surface area contributed by atoms with Gasteiger partial charge in [0.05, 0.1) is 18.0 Å². The number of thiazole rings is 1. The van der Waals surface area contributed by atoms with Crippen molar-refractivity contribution in [1.29, 1.82) is 0 Å². The molecule has 1 aromatic heterocycles. The molecule has 0 spiro atoms. The van der Waals surface area contributed by atoms with Gasteiger partial charge >= 0.3 is 5.97 Å². The fourth-order valence-corrected chi connectivity index (χ4v) is 2.83. The Hall–Kier alpha value is -0.940. The quantitative estimate of drug-likeness (QED) is 0.770. The second-order valence-electron chi connectivity index (χ2n) is 4.29. The highest BCUT2D eigenvalue weighted by molar-refractivity contribution is 7.09. The highest BCUT2D eigenvalue weighted by Gasteiger charge is 2.26. The van der Waals surface area contributed by atoms with Gasteiger partial charge in [0.25, 0.3) is 0 Å². The molecule has 4 nitrogen and oxygen atoms in total. The van der Waals surface area contributed by atoms with E-state index in [1.165, 1.54) is 4.88 Å². The standard InChI is InChI=1S/C12H18N2O2S/c1-2-16-12(15)10-4-3-5-14(7-10)8-11-6-13-9-17-11/h6,9-10H,2-5,7-8H2,1H3/t10-/m1/s1. The third kappa shape index (κ3) is 3.51. The van der Waals surface area contributed by atoms with Gasteiger partial charge in [0, 0.05) is 24.2 Å². The minimum atomic E-state index is -0.0403. The molecule has 0 amide bonds. The van der Waals surface area contributed by atoms with Crippen molar-refractivity contribution in [1.82, 2.24) is 9.88 Å². The van der Waals surface area contributed by atoms with Crippen LogP contribution in [-0.4, -0.2) is 35.5 Å². The van der Waals surface area contributed by atoms with Crippen LogP contribution in [0.3, 0.4) is 0 Å². The van der Waals surface area contributed by atoms with Gasteiger partial charge in [0.2, 0.25) is 0 Å². The van der Waals surface area contributed by atoms with Crippen molar-refractivity contribution in [2.75, 3.05) is 19.7 Å². The van der Waals surface area contributed by atoms with Crippen LogP contribution in [0, 0.1) is 5.92 Å². The molecule has 0 aliphatic carbocycles. The van der Waals surface area contributed by atoms with Crippen molar-refractivity contribution in [2.24, 2.45) is 5.92 Å². The molecule has 1 aliphatic heterocycles. The Bertz CT molecular complexity index is 353. The van der Waals surface area contributed by atoms with Gasteiger partial charge in [-0.2, -0.15) is 0 Å². The van der Waals surface area contributed by atoms with Crippen LogP contribution in [0.4, 0.5) is 0 Å². The molecular weight excluding hydrogens is 236 g/mol. The third-order valence-corrected chi connectivity index (χ3v) is 3.75. The van der Waals surface area contributed by atoms with E-state index in [9.17, 15) is 4.79 Å². The maximum absolute atomic E-state index is 11.7. The van der Waals surface area contributed by atoms with Gasteiger partial charge in [-0.25, -0.2) is 0 Å². The molecule has 17 heavy (non-hydrogen) atoms. The molecule has 5 heteroatoms. The van der Waals surface area contributed by atoms with Gasteiger partial charge < -0.3 is 4.74 Å². The number of hydrogen-bond donors (Lipinski definition) is 0. The molecule has 0 N–H and O–H groups in total. The van der Waals surface area contributed by atoms with Gasteiger partial charge in [-0.15, -0.1) is 11.3 Å². The number of hydrogen-bond acceptors (Lipinski definition) is 5. The molecule has 0 unspecified atom stereocenters. The fraction of sp³-hybridized carbons (Fsp3) is 0.667. The highest BCUT2D eigenvalue weighted by Crippen LogP contribution is 2.20. The van der Waals surface area contributed by atoms with E-state index in [1.807, 2.05) is 18.6 Å². The number of nitrogens with zero attached hydrogens (tertiary/aromatic N) is 2. The van der Waals surface area contributed by atoms with Crippen LogP contribution < -0.4 is 0 Å². The summed E-state index contributed by atoms with van der Waals surface area (Å²) < 4.78 is 5.09. The topological polar surface area (TPSA) is 42.4 Å². The fourth-order valence-electron chi connectivity index (χ4n) is 2.19. The first kappa shape index (κ1) is 12.5. The molecule has 0 radical (unpaired) electrons. The first-order valence-corrected chi connectivity index (χ1v) is 6.94. The zero-order valence-electron chi connectivity index (χ0n) is 10.1. The Labute approximate surface area is 106 Å². The van der Waals surface area contributed by atoms with E-state index in [-0.39, 0.29) is 11.9 Å². The van der Waals surface area contributed by atoms with Crippen LogP contribution in [0.2, 0.25) is 0 Å². The van der Waals surface area contributed by atoms with Crippen LogP contribution >= 0.6 is 11.3 Å². The largest absolute Gasteiger partial charge is 0.466 e. The Morgan fingerprint density at radius 2 is 2.59 bits per heavy atom. The van der Waals surface area contributed by atoms with Crippen molar-refractivity contribution < 1.29 is 9.53 Å². The highest BCUT2D eigenvalue weighted by atomic mass is 32.1. The summed E-state index contributed by atoms with van der Waals surface area (Å²) in [6.45, 7) is 5.12. The van der Waals surface area contributed by atoms with Gasteiger partial charge in [-0.1, -0.05) is 0 Å². The summed E-state index contributed by atoms with van der Waals surface area (Å²) in [7, 11) is 0. The summed E-state index contributed by atoms with van der Waals surface area (Å²) in [6.07, 6.45) is 3.93. The molecule has 94 valence electrons. The molecule has 0 bridgehead atoms. The molecule has 1 fully saturated rings. The Balaban J connectivity index is 1.86. The van der Waals surface area contributed by atoms with Crippen LogP contribution in [0.15, 0.2) is 11.7 Å². The first-order chi connectivity index (χ1) is 8.29. The van der Waals surface area contributed by atoms with Crippen LogP contribution in [0.25, 0.3) is 0 Å². The summed E-state index contributed by atoms with van der Waals surface area (Å²) in [6, 6.07) is 0. The zero-order valence-corrected chi connectivity index (χ0v) is 10.9. The maximum Gasteiger partial charge on any atom is 0.310 e. The van der Waals surface area contributed by atoms with Crippen LogP contribution in [0.1, 0.15) is 24.6 Å². The molecule has 2 heterocycles. The summed E-state index contributed by atoms with van der Waals surface area (Å²) in [5.41, 5.74) is 1.85. The first-order valence-electron chi connectivity index (χ1n) is 6.06. The van der Waals surface area contributed by atoms with Crippen molar-refractivity contribution in [2.45, 2.75) is 26.3 Å². The Kier molecular flexibility index (Phi) is 4.50. The average molecular weight is 254 g/mol. The number of aromatic nitrogens is 1. The number of rotatable bonds is 4. The summed E-state index contributed by atoms with van der Waals surface area (Å²) in [5.74, 6) is 0.0122. The maximum atomic E-state index is 11.7. The molecule has 2 rings (SSSR count). The van der Waals surface area contributed by atoms with E-state index in [0.29, 0.717) is 6.61 Å². The minimum absolute atomic E-state index is 0.0403. The minimum Gasteiger partial charge on any atom is -0.466 e. The second-order valence-corrected chi connectivity index (χ2v) is 5.26. The monoisotopic (exact) mass is 254 g/mol. The summed E-state index contributed by atoms with van der Waals surface area (Å²) in [5, 5.41) is 0. The van der Waals surface area contributed by atoms with E-state index in [4.69, 9.17) is 4.74 Å². The lowest BCUT2D eigenvalue weighted by atomic mass is 9.98. The molecule has 1 aromatic rings. The van der Waals surface area contributed by atoms with Crippen molar-refractivity contribution in [3.8, 4) is 0 Å². The number of carbonyl (C=O) groups excluding carboxylic acids is 1. The van der Waals surface area contributed by atoms with Crippen LogP contribution in [0.5, 0.6) is 0 Å². The average Bonchev–Trinajstić information content (AvgIpc) is 2.82. The SMILES string of the molecule is CCOC(=O)[C@@H]1CCCN(Cc2cncs2)C1. The third-order valence-electron chi connectivity index (χ3n) is 2.99. The van der Waals surface area contributed by atoms with Crippen molar-refractivity contribution in [3.63, 3.8) is 0 Å². The van der Waals surface area contributed by atoms with Crippen LogP contribution in [-0.2, 0) is 16.1 Å². The lowest BCUT2D eigenvalue weighted by Gasteiger charge is -2.30. The molecule has 0 saturated carbocycles. The lowest BCUT2D eigenvalue weighted by Crippen LogP contribution is -2.38. The smallest absolute Gasteiger partial charge is 0.310 e. The molecular formula is C12H18N2O2S. The number of esters is 1. The van der Waals surface area contributed by atoms with Gasteiger partial charge in [0.1, 0.15) is 0 Å². The zero-order chi connectivity index (χ0) is 12.1. The molecule has 0 aromatic carbocycles. The summed E-state index contributed by atoms with van der Waals surface area (Å²) in [4.78, 5) is 19.3. The van der Waals surface area contributed by atoms with Crippen molar-refractivity contribution in [3.05, 3.63) is 16.6 Å². The van der Waals surface area contributed by atoms with Gasteiger partial charge in [-0.3, -0.25) is 14.7 Å². The number of carbonyl (C=O) groups is 1. The number of piperidine rings is 1. The van der Waals surface area contributed by atoms with E-state index in [1.54, 1.807) is 11.3 Å². The number of ether oxygens (including phenoxy) is 1. The normalized spacial score (nSPS) is 21.4. The van der Waals surface area contributed by atoms with E-state index in [0.717, 1.165) is 32.5 Å². The van der Waals surface area contributed by atoms with Gasteiger partial charge in [-0.05, 0) is 26.3 Å². The predicted octanol–water partition coefficient (Wildman–Crippen LogP) is 1.92. The Morgan fingerprint density at radius 1 is 1.71 bits per heavy atom. The van der Waals surface area contributed by atoms with Crippen molar-refractivity contribution >= 4 is 17.3 Å².